The lowest BCUT2D eigenvalue weighted by Gasteiger charge is -2.32. The monoisotopic (exact) mass is 853 g/mol. The van der Waals surface area contributed by atoms with Crippen LogP contribution in [-0.2, 0) is 0 Å². The largest absolute Gasteiger partial charge is 0.309 e. The summed E-state index contributed by atoms with van der Waals surface area (Å²) in [6, 6.07) is 70.8. The van der Waals surface area contributed by atoms with E-state index in [1.54, 1.807) is 0 Å². The summed E-state index contributed by atoms with van der Waals surface area (Å²) in [7, 11) is 0. The molecule has 5 heteroatoms. The summed E-state index contributed by atoms with van der Waals surface area (Å²) in [5.41, 5.74) is 18.8. The van der Waals surface area contributed by atoms with Gasteiger partial charge in [0, 0.05) is 28.1 Å². The van der Waals surface area contributed by atoms with E-state index in [0.717, 1.165) is 61.2 Å². The van der Waals surface area contributed by atoms with Gasteiger partial charge >= 0.3 is 0 Å². The van der Waals surface area contributed by atoms with Crippen LogP contribution in [0.1, 0.15) is 33.4 Å². The Labute approximate surface area is 388 Å². The highest BCUT2D eigenvalue weighted by Gasteiger charge is 2.26. The molecule has 0 aliphatic rings. The molecule has 0 fully saturated rings. The molecule has 0 atom stereocenters. The molecule has 10 rings (SSSR count). The Morgan fingerprint density at radius 1 is 0.318 bits per heavy atom. The van der Waals surface area contributed by atoms with Gasteiger partial charge in [0.15, 0.2) is 11.6 Å². The van der Waals surface area contributed by atoms with E-state index in [1.165, 1.54) is 44.8 Å². The minimum Gasteiger partial charge on any atom is -0.309 e. The van der Waals surface area contributed by atoms with Crippen molar-refractivity contribution >= 4 is 45.2 Å². The molecule has 0 bridgehead atoms. The first-order valence-corrected chi connectivity index (χ1v) is 22.6. The Kier molecular flexibility index (Phi) is 11.3. The number of anilines is 6. The molecule has 0 amide bonds. The van der Waals surface area contributed by atoms with Crippen LogP contribution in [0.4, 0.5) is 34.4 Å². The molecule has 0 aliphatic heterocycles. The summed E-state index contributed by atoms with van der Waals surface area (Å²) >= 11 is 0. The normalized spacial score (nSPS) is 11.2. The smallest absolute Gasteiger partial charge is 0.238 e. The number of fused-ring (bicyclic) bond motifs is 1. The summed E-state index contributed by atoms with van der Waals surface area (Å²) in [5.74, 6) is 1.68. The Hall–Kier alpha value is -8.15. The van der Waals surface area contributed by atoms with Gasteiger partial charge in [-0.05, 0) is 128 Å². The average molecular weight is 854 g/mol. The number of nitrogens with zero attached hydrogens (tertiary/aromatic N) is 5. The summed E-state index contributed by atoms with van der Waals surface area (Å²) < 4.78 is 0. The number of para-hydroxylation sites is 1. The first-order chi connectivity index (χ1) is 32.2. The predicted molar refractivity (Wildman–Crippen MR) is 277 cm³/mol. The molecule has 5 nitrogen and oxygen atoms in total. The molecule has 1 heterocycles. The van der Waals surface area contributed by atoms with Crippen molar-refractivity contribution in [3.05, 3.63) is 234 Å². The summed E-state index contributed by atoms with van der Waals surface area (Å²) in [6.45, 7) is 13.2. The topological polar surface area (TPSA) is 45.2 Å². The Bertz CT molecular complexity index is 3270. The number of rotatable bonds is 10. The molecule has 10 aromatic rings. The van der Waals surface area contributed by atoms with Gasteiger partial charge in [-0.3, -0.25) is 4.90 Å². The Morgan fingerprint density at radius 2 is 0.773 bits per heavy atom. The fraction of sp³-hybridized carbons (Fsp3) is 0.0984. The third kappa shape index (κ3) is 8.12. The van der Waals surface area contributed by atoms with E-state index in [0.29, 0.717) is 17.6 Å². The SMILES string of the molecule is Cc1cc(C)c(N(c2ccc(N(c3nc(-c4ccc5ccccc5c4)nc(-c4ccccc4-c4ccccc4)n3)c3ccccc3-c3ccccc3)cc2)c2c(C)cc(C)cc2C)c(C)c1. The molecule has 1 aromatic heterocycles. The van der Waals surface area contributed by atoms with Crippen molar-refractivity contribution in [2.45, 2.75) is 41.5 Å². The van der Waals surface area contributed by atoms with Crippen LogP contribution in [0, 0.1) is 41.5 Å². The first kappa shape index (κ1) is 41.8. The molecule has 320 valence electrons. The van der Waals surface area contributed by atoms with E-state index in [-0.39, 0.29) is 0 Å². The zero-order valence-corrected chi connectivity index (χ0v) is 38.3. The van der Waals surface area contributed by atoms with Crippen molar-refractivity contribution in [3.8, 4) is 45.0 Å². The minimum atomic E-state index is 0.509. The van der Waals surface area contributed by atoms with Gasteiger partial charge in [-0.2, -0.15) is 9.97 Å². The molecule has 66 heavy (non-hydrogen) atoms. The van der Waals surface area contributed by atoms with Gasteiger partial charge < -0.3 is 4.90 Å². The highest BCUT2D eigenvalue weighted by Crippen LogP contribution is 2.46. The second-order valence-electron chi connectivity index (χ2n) is 17.3. The lowest BCUT2D eigenvalue weighted by molar-refractivity contribution is 1.02. The van der Waals surface area contributed by atoms with Crippen LogP contribution in [0.2, 0.25) is 0 Å². The van der Waals surface area contributed by atoms with E-state index in [2.05, 4.69) is 245 Å². The minimum absolute atomic E-state index is 0.509. The molecule has 0 N–H and O–H groups in total. The van der Waals surface area contributed by atoms with Crippen LogP contribution < -0.4 is 9.80 Å². The van der Waals surface area contributed by atoms with E-state index in [9.17, 15) is 0 Å². The van der Waals surface area contributed by atoms with E-state index in [4.69, 9.17) is 15.0 Å². The lowest BCUT2D eigenvalue weighted by atomic mass is 9.98. The Morgan fingerprint density at radius 3 is 1.36 bits per heavy atom. The van der Waals surface area contributed by atoms with Gasteiger partial charge in [0.2, 0.25) is 5.95 Å². The van der Waals surface area contributed by atoms with E-state index in [1.807, 2.05) is 6.07 Å². The number of benzene rings is 9. The van der Waals surface area contributed by atoms with Gasteiger partial charge in [0.25, 0.3) is 0 Å². The maximum Gasteiger partial charge on any atom is 0.238 e. The number of hydrogen-bond acceptors (Lipinski definition) is 5. The van der Waals surface area contributed by atoms with Crippen molar-refractivity contribution in [2.75, 3.05) is 9.80 Å². The van der Waals surface area contributed by atoms with Crippen LogP contribution in [0.25, 0.3) is 55.8 Å². The third-order valence-electron chi connectivity index (χ3n) is 12.4. The molecular weight excluding hydrogens is 803 g/mol. The highest BCUT2D eigenvalue weighted by molar-refractivity contribution is 5.91. The maximum absolute atomic E-state index is 5.47. The Balaban J connectivity index is 1.22. The van der Waals surface area contributed by atoms with E-state index < -0.39 is 0 Å². The standard InChI is InChI=1S/C61H51N5/c1-40-35-42(3)57(43(4)36-40)66(58-44(5)37-41(2)38-45(58)6)52-33-31-51(32-34-52)65(56-28-18-17-26-54(56)48-22-11-8-12-23-48)61-63-59(50-30-29-46-19-13-14-24-49(46)39-50)62-60(64-61)55-27-16-15-25-53(55)47-20-9-7-10-21-47/h7-39H,1-6H3. The fourth-order valence-corrected chi connectivity index (χ4v) is 9.65. The zero-order valence-electron chi connectivity index (χ0n) is 38.3. The third-order valence-corrected chi connectivity index (χ3v) is 12.4. The van der Waals surface area contributed by atoms with Crippen molar-refractivity contribution < 1.29 is 0 Å². The van der Waals surface area contributed by atoms with Crippen LogP contribution in [-0.4, -0.2) is 15.0 Å². The second kappa shape index (κ2) is 17.8. The second-order valence-corrected chi connectivity index (χ2v) is 17.3. The highest BCUT2D eigenvalue weighted by atomic mass is 15.3. The van der Waals surface area contributed by atoms with Crippen molar-refractivity contribution in [2.24, 2.45) is 0 Å². The molecule has 0 saturated carbocycles. The average Bonchev–Trinajstić information content (AvgIpc) is 3.34. The van der Waals surface area contributed by atoms with Crippen LogP contribution in [0.5, 0.6) is 0 Å². The fourth-order valence-electron chi connectivity index (χ4n) is 9.65. The summed E-state index contributed by atoms with van der Waals surface area (Å²) in [5, 5.41) is 2.28. The van der Waals surface area contributed by atoms with E-state index >= 15 is 0 Å². The molecule has 0 unspecified atom stereocenters. The first-order valence-electron chi connectivity index (χ1n) is 22.6. The van der Waals surface area contributed by atoms with Gasteiger partial charge in [-0.15, -0.1) is 0 Å². The number of aryl methyl sites for hydroxylation is 6. The van der Waals surface area contributed by atoms with Gasteiger partial charge in [0.05, 0.1) is 17.1 Å². The van der Waals surface area contributed by atoms with Gasteiger partial charge in [-0.1, -0.05) is 175 Å². The zero-order chi connectivity index (χ0) is 45.3. The molecule has 0 radical (unpaired) electrons. The molecule has 0 aliphatic carbocycles. The molecule has 0 spiro atoms. The maximum atomic E-state index is 5.47. The number of aromatic nitrogens is 3. The van der Waals surface area contributed by atoms with Crippen LogP contribution in [0.15, 0.2) is 200 Å². The van der Waals surface area contributed by atoms with Crippen molar-refractivity contribution in [1.29, 1.82) is 0 Å². The van der Waals surface area contributed by atoms with Crippen molar-refractivity contribution in [3.63, 3.8) is 0 Å². The molecular formula is C61H51N5. The summed E-state index contributed by atoms with van der Waals surface area (Å²) in [6.07, 6.45) is 0. The quantitative estimate of drug-likeness (QED) is 0.137. The van der Waals surface area contributed by atoms with Crippen LogP contribution in [0.3, 0.4) is 0 Å². The van der Waals surface area contributed by atoms with Gasteiger partial charge in [0.1, 0.15) is 0 Å². The van der Waals surface area contributed by atoms with Crippen molar-refractivity contribution in [1.82, 2.24) is 15.0 Å². The van der Waals surface area contributed by atoms with Crippen LogP contribution >= 0.6 is 0 Å². The molecule has 0 saturated heterocycles. The number of hydrogen-bond donors (Lipinski definition) is 0. The molecule has 9 aromatic carbocycles. The van der Waals surface area contributed by atoms with Gasteiger partial charge in [-0.25, -0.2) is 4.98 Å². The predicted octanol–water partition coefficient (Wildman–Crippen LogP) is 16.5. The lowest BCUT2D eigenvalue weighted by Crippen LogP contribution is -2.18. The summed E-state index contributed by atoms with van der Waals surface area (Å²) in [4.78, 5) is 20.9.